The first-order valence-corrected chi connectivity index (χ1v) is 8.41. The predicted molar refractivity (Wildman–Crippen MR) is 110 cm³/mol. The van der Waals surface area contributed by atoms with Gasteiger partial charge in [-0.05, 0) is 38.8 Å². The zero-order chi connectivity index (χ0) is 15.9. The monoisotopic (exact) mass is 444 g/mol. The molecule has 2 rings (SSSR count). The summed E-state index contributed by atoms with van der Waals surface area (Å²) in [6.45, 7) is 10.6. The van der Waals surface area contributed by atoms with Crippen LogP contribution in [0.5, 0.6) is 0 Å². The van der Waals surface area contributed by atoms with Crippen LogP contribution in [0.2, 0.25) is 0 Å². The van der Waals surface area contributed by atoms with Crippen molar-refractivity contribution in [2.24, 2.45) is 4.99 Å². The topological polar surface area (TPSA) is 49.3 Å². The largest absolute Gasteiger partial charge is 0.357 e. The molecule has 0 spiro atoms. The third-order valence-electron chi connectivity index (χ3n) is 3.49. The molecule has 1 aromatic heterocycles. The molecule has 0 radical (unpaired) electrons. The number of nitrogens with zero attached hydrogens (tertiary/aromatic N) is 2. The highest BCUT2D eigenvalue weighted by Crippen LogP contribution is 2.15. The minimum Gasteiger partial charge on any atom is -0.357 e. The number of benzene rings is 1. The average Bonchev–Trinajstić information content (AvgIpc) is 2.82. The summed E-state index contributed by atoms with van der Waals surface area (Å²) in [5.74, 6) is 0.830. The fourth-order valence-electron chi connectivity index (χ4n) is 2.07. The third kappa shape index (κ3) is 6.10. The summed E-state index contributed by atoms with van der Waals surface area (Å²) in [5, 5.41) is 7.73. The van der Waals surface area contributed by atoms with E-state index in [1.807, 2.05) is 6.92 Å². The van der Waals surface area contributed by atoms with Crippen LogP contribution in [0.4, 0.5) is 0 Å². The summed E-state index contributed by atoms with van der Waals surface area (Å²) in [6.07, 6.45) is 0. The van der Waals surface area contributed by atoms with E-state index in [9.17, 15) is 0 Å². The van der Waals surface area contributed by atoms with Crippen molar-refractivity contribution in [3.8, 4) is 0 Å². The molecule has 2 aromatic rings. The van der Waals surface area contributed by atoms with Gasteiger partial charge in [0.2, 0.25) is 0 Å². The molecule has 0 aliphatic rings. The van der Waals surface area contributed by atoms with Crippen molar-refractivity contribution in [2.45, 2.75) is 40.8 Å². The Bertz CT molecular complexity index is 632. The standard InChI is InChI=1S/C17H24N4S.HI/c1-5-18-17(19-10-15-9-7-6-8-12(15)2)20-11-16-21-13(3)14(4)22-16;/h6-9H,5,10-11H2,1-4H3,(H2,18,19,20);1H. The molecule has 126 valence electrons. The molecule has 0 aliphatic heterocycles. The zero-order valence-electron chi connectivity index (χ0n) is 14.1. The molecule has 6 heteroatoms. The number of rotatable bonds is 5. The Kier molecular flexibility index (Phi) is 8.54. The van der Waals surface area contributed by atoms with Crippen molar-refractivity contribution < 1.29 is 0 Å². The second-order valence-electron chi connectivity index (χ2n) is 5.22. The van der Waals surface area contributed by atoms with E-state index in [1.54, 1.807) is 11.3 Å². The van der Waals surface area contributed by atoms with Gasteiger partial charge < -0.3 is 10.6 Å². The van der Waals surface area contributed by atoms with E-state index in [0.29, 0.717) is 13.1 Å². The number of thiazole rings is 1. The summed E-state index contributed by atoms with van der Waals surface area (Å²) < 4.78 is 0. The molecule has 0 atom stereocenters. The molecular weight excluding hydrogens is 419 g/mol. The molecule has 2 N–H and O–H groups in total. The van der Waals surface area contributed by atoms with Crippen LogP contribution in [0.3, 0.4) is 0 Å². The van der Waals surface area contributed by atoms with Crippen LogP contribution in [0.15, 0.2) is 29.3 Å². The Morgan fingerprint density at radius 3 is 2.52 bits per heavy atom. The summed E-state index contributed by atoms with van der Waals surface area (Å²) in [7, 11) is 0. The van der Waals surface area contributed by atoms with Gasteiger partial charge in [-0.3, -0.25) is 0 Å². The summed E-state index contributed by atoms with van der Waals surface area (Å²) in [6, 6.07) is 8.35. The molecule has 0 amide bonds. The molecule has 0 fully saturated rings. The van der Waals surface area contributed by atoms with Crippen LogP contribution in [0.25, 0.3) is 0 Å². The SMILES string of the molecule is CCNC(=NCc1ccccc1C)NCc1nc(C)c(C)s1.I. The predicted octanol–water partition coefficient (Wildman–Crippen LogP) is 3.94. The number of aliphatic imine (C=N–C) groups is 1. The summed E-state index contributed by atoms with van der Waals surface area (Å²) in [5.41, 5.74) is 3.64. The quantitative estimate of drug-likeness (QED) is 0.417. The summed E-state index contributed by atoms with van der Waals surface area (Å²) >= 11 is 1.73. The van der Waals surface area contributed by atoms with Gasteiger partial charge in [0.25, 0.3) is 0 Å². The van der Waals surface area contributed by atoms with Gasteiger partial charge in [0.15, 0.2) is 5.96 Å². The van der Waals surface area contributed by atoms with Crippen LogP contribution in [-0.4, -0.2) is 17.5 Å². The number of hydrogen-bond donors (Lipinski definition) is 2. The number of aromatic nitrogens is 1. The van der Waals surface area contributed by atoms with Gasteiger partial charge in [-0.2, -0.15) is 0 Å². The Morgan fingerprint density at radius 2 is 1.91 bits per heavy atom. The van der Waals surface area contributed by atoms with Crippen LogP contribution in [-0.2, 0) is 13.1 Å². The lowest BCUT2D eigenvalue weighted by atomic mass is 10.1. The van der Waals surface area contributed by atoms with Crippen molar-refractivity contribution in [3.63, 3.8) is 0 Å². The van der Waals surface area contributed by atoms with E-state index in [1.165, 1.54) is 16.0 Å². The van der Waals surface area contributed by atoms with Gasteiger partial charge in [0.05, 0.1) is 18.8 Å². The van der Waals surface area contributed by atoms with E-state index in [4.69, 9.17) is 0 Å². The van der Waals surface area contributed by atoms with E-state index < -0.39 is 0 Å². The van der Waals surface area contributed by atoms with Gasteiger partial charge in [-0.1, -0.05) is 24.3 Å². The van der Waals surface area contributed by atoms with E-state index in [0.717, 1.165) is 23.2 Å². The Morgan fingerprint density at radius 1 is 1.17 bits per heavy atom. The van der Waals surface area contributed by atoms with Crippen LogP contribution in [0, 0.1) is 20.8 Å². The number of nitrogens with one attached hydrogen (secondary N) is 2. The van der Waals surface area contributed by atoms with Gasteiger partial charge in [-0.15, -0.1) is 35.3 Å². The highest BCUT2D eigenvalue weighted by molar-refractivity contribution is 14.0. The molecule has 1 heterocycles. The van der Waals surface area contributed by atoms with Gasteiger partial charge in [0, 0.05) is 11.4 Å². The highest BCUT2D eigenvalue weighted by Gasteiger charge is 2.05. The molecule has 0 saturated heterocycles. The maximum atomic E-state index is 4.66. The molecule has 0 aliphatic carbocycles. The maximum Gasteiger partial charge on any atom is 0.191 e. The second-order valence-corrected chi connectivity index (χ2v) is 6.51. The lowest BCUT2D eigenvalue weighted by Gasteiger charge is -2.10. The number of guanidine groups is 1. The minimum atomic E-state index is 0. The number of hydrogen-bond acceptors (Lipinski definition) is 3. The molecule has 1 aromatic carbocycles. The van der Waals surface area contributed by atoms with Crippen LogP contribution >= 0.6 is 35.3 Å². The smallest absolute Gasteiger partial charge is 0.191 e. The first-order chi connectivity index (χ1) is 10.6. The van der Waals surface area contributed by atoms with E-state index >= 15 is 0 Å². The molecule has 0 bridgehead atoms. The number of aryl methyl sites for hydroxylation is 3. The molecule has 4 nitrogen and oxygen atoms in total. The van der Waals surface area contributed by atoms with Crippen molar-refractivity contribution in [1.29, 1.82) is 0 Å². The van der Waals surface area contributed by atoms with Gasteiger partial charge in [0.1, 0.15) is 5.01 Å². The first kappa shape index (κ1) is 19.9. The summed E-state index contributed by atoms with van der Waals surface area (Å²) in [4.78, 5) is 10.5. The van der Waals surface area contributed by atoms with E-state index in [-0.39, 0.29) is 24.0 Å². The lowest BCUT2D eigenvalue weighted by molar-refractivity contribution is 0.809. The zero-order valence-corrected chi connectivity index (χ0v) is 17.3. The molecular formula is C17H25IN4S. The third-order valence-corrected chi connectivity index (χ3v) is 4.57. The second kappa shape index (κ2) is 9.87. The fraction of sp³-hybridized carbons (Fsp3) is 0.412. The minimum absolute atomic E-state index is 0. The maximum absolute atomic E-state index is 4.66. The number of halogens is 1. The van der Waals surface area contributed by atoms with Gasteiger partial charge in [-0.25, -0.2) is 9.98 Å². The van der Waals surface area contributed by atoms with Crippen molar-refractivity contribution >= 4 is 41.3 Å². The molecule has 23 heavy (non-hydrogen) atoms. The van der Waals surface area contributed by atoms with Crippen LogP contribution < -0.4 is 10.6 Å². The average molecular weight is 444 g/mol. The highest BCUT2D eigenvalue weighted by atomic mass is 127. The Balaban J connectivity index is 0.00000264. The Labute approximate surface area is 159 Å². The van der Waals surface area contributed by atoms with E-state index in [2.05, 4.69) is 65.6 Å². The Hall–Kier alpha value is -1.15. The van der Waals surface area contributed by atoms with Gasteiger partial charge >= 0.3 is 0 Å². The van der Waals surface area contributed by atoms with Crippen molar-refractivity contribution in [1.82, 2.24) is 15.6 Å². The van der Waals surface area contributed by atoms with Crippen LogP contribution in [0.1, 0.15) is 33.6 Å². The van der Waals surface area contributed by atoms with Crippen molar-refractivity contribution in [3.05, 3.63) is 51.0 Å². The fourth-order valence-corrected chi connectivity index (χ4v) is 2.94. The molecule has 0 saturated carbocycles. The van der Waals surface area contributed by atoms with Crippen molar-refractivity contribution in [2.75, 3.05) is 6.54 Å². The first-order valence-electron chi connectivity index (χ1n) is 7.59. The molecule has 0 unspecified atom stereocenters. The normalized spacial score (nSPS) is 11.0. The lowest BCUT2D eigenvalue weighted by Crippen LogP contribution is -2.36.